The molecule has 1 aliphatic heterocycles. The second-order valence-electron chi connectivity index (χ2n) is 4.12. The van der Waals surface area contributed by atoms with Gasteiger partial charge in [-0.1, -0.05) is 30.3 Å². The van der Waals surface area contributed by atoms with Crippen molar-refractivity contribution in [2.24, 2.45) is 0 Å². The number of ketones is 1. The molecule has 1 heterocycles. The first-order valence-electron chi connectivity index (χ1n) is 5.52. The number of benzene rings is 1. The Balaban J connectivity index is 2.38. The predicted molar refractivity (Wildman–Crippen MR) is 63.9 cm³/mol. The molecular formula is C13H15ClO2. The lowest BCUT2D eigenvalue weighted by Gasteiger charge is -2.35. The van der Waals surface area contributed by atoms with Gasteiger partial charge in [-0.2, -0.15) is 0 Å². The molecule has 0 unspecified atom stereocenters. The molecule has 0 atom stereocenters. The fourth-order valence-electron chi connectivity index (χ4n) is 2.33. The van der Waals surface area contributed by atoms with E-state index in [4.69, 9.17) is 16.3 Å². The summed E-state index contributed by atoms with van der Waals surface area (Å²) in [5.74, 6) is 0.193. The van der Waals surface area contributed by atoms with Gasteiger partial charge in [0.2, 0.25) is 0 Å². The monoisotopic (exact) mass is 238 g/mol. The minimum absolute atomic E-state index is 0.0783. The maximum atomic E-state index is 12.1. The molecule has 0 N–H and O–H groups in total. The minimum Gasteiger partial charge on any atom is -0.381 e. The van der Waals surface area contributed by atoms with Crippen LogP contribution in [0.3, 0.4) is 0 Å². The summed E-state index contributed by atoms with van der Waals surface area (Å²) in [6, 6.07) is 9.91. The van der Waals surface area contributed by atoms with Crippen molar-refractivity contribution in [3.8, 4) is 0 Å². The van der Waals surface area contributed by atoms with Crippen LogP contribution in [0.15, 0.2) is 30.3 Å². The van der Waals surface area contributed by atoms with Gasteiger partial charge in [0, 0.05) is 13.2 Å². The summed E-state index contributed by atoms with van der Waals surface area (Å²) in [5, 5.41) is 0. The lowest BCUT2D eigenvalue weighted by atomic mass is 9.71. The largest absolute Gasteiger partial charge is 0.381 e. The van der Waals surface area contributed by atoms with E-state index in [0.717, 1.165) is 18.4 Å². The van der Waals surface area contributed by atoms with E-state index in [1.807, 2.05) is 30.3 Å². The van der Waals surface area contributed by atoms with Crippen molar-refractivity contribution < 1.29 is 9.53 Å². The molecule has 0 spiro atoms. The van der Waals surface area contributed by atoms with E-state index in [1.165, 1.54) is 0 Å². The smallest absolute Gasteiger partial charge is 0.158 e. The quantitative estimate of drug-likeness (QED) is 0.757. The highest BCUT2D eigenvalue weighted by Gasteiger charge is 2.40. The summed E-state index contributed by atoms with van der Waals surface area (Å²) < 4.78 is 5.35. The Kier molecular flexibility index (Phi) is 3.62. The molecule has 2 rings (SSSR count). The molecule has 0 radical (unpaired) electrons. The SMILES string of the molecule is O=C(CCl)C1(c2ccccc2)CCOCC1. The van der Waals surface area contributed by atoms with Crippen LogP contribution in [-0.2, 0) is 14.9 Å². The van der Waals surface area contributed by atoms with E-state index >= 15 is 0 Å². The summed E-state index contributed by atoms with van der Waals surface area (Å²) in [7, 11) is 0. The van der Waals surface area contributed by atoms with Crippen LogP contribution in [0.5, 0.6) is 0 Å². The van der Waals surface area contributed by atoms with E-state index in [9.17, 15) is 4.79 Å². The summed E-state index contributed by atoms with van der Waals surface area (Å²) >= 11 is 5.73. The molecule has 0 bridgehead atoms. The van der Waals surface area contributed by atoms with Crippen LogP contribution >= 0.6 is 11.6 Å². The summed E-state index contributed by atoms with van der Waals surface area (Å²) in [6.07, 6.45) is 1.48. The lowest BCUT2D eigenvalue weighted by Crippen LogP contribution is -2.42. The molecule has 1 aromatic carbocycles. The molecule has 1 saturated heterocycles. The van der Waals surface area contributed by atoms with E-state index in [0.29, 0.717) is 13.2 Å². The highest BCUT2D eigenvalue weighted by molar-refractivity contribution is 6.29. The third-order valence-electron chi connectivity index (χ3n) is 3.33. The first-order chi connectivity index (χ1) is 7.79. The molecule has 16 heavy (non-hydrogen) atoms. The topological polar surface area (TPSA) is 26.3 Å². The number of halogens is 1. The summed E-state index contributed by atoms with van der Waals surface area (Å²) in [6.45, 7) is 1.27. The van der Waals surface area contributed by atoms with Crippen LogP contribution in [0, 0.1) is 0 Å². The van der Waals surface area contributed by atoms with Crippen LogP contribution in [-0.4, -0.2) is 24.9 Å². The first-order valence-corrected chi connectivity index (χ1v) is 6.05. The van der Waals surface area contributed by atoms with E-state index in [1.54, 1.807) is 0 Å². The molecule has 0 aliphatic carbocycles. The van der Waals surface area contributed by atoms with Gasteiger partial charge in [-0.3, -0.25) is 4.79 Å². The fraction of sp³-hybridized carbons (Fsp3) is 0.462. The third-order valence-corrected chi connectivity index (χ3v) is 3.57. The molecule has 3 heteroatoms. The van der Waals surface area contributed by atoms with Crippen LogP contribution in [0.25, 0.3) is 0 Å². The molecule has 86 valence electrons. The average molecular weight is 239 g/mol. The zero-order chi connectivity index (χ0) is 11.4. The van der Waals surface area contributed by atoms with Gasteiger partial charge in [0.15, 0.2) is 5.78 Å². The second-order valence-corrected chi connectivity index (χ2v) is 4.38. The number of Topliss-reactive ketones (excluding diaryl/α,β-unsaturated/α-hetero) is 1. The number of alkyl halides is 1. The average Bonchev–Trinajstić information content (AvgIpc) is 2.39. The van der Waals surface area contributed by atoms with Crippen molar-refractivity contribution in [3.05, 3.63) is 35.9 Å². The van der Waals surface area contributed by atoms with Crippen molar-refractivity contribution in [2.75, 3.05) is 19.1 Å². The van der Waals surface area contributed by atoms with Crippen molar-refractivity contribution >= 4 is 17.4 Å². The van der Waals surface area contributed by atoms with Gasteiger partial charge in [-0.25, -0.2) is 0 Å². The summed E-state index contributed by atoms with van der Waals surface area (Å²) in [4.78, 5) is 12.1. The van der Waals surface area contributed by atoms with Gasteiger partial charge in [0.25, 0.3) is 0 Å². The van der Waals surface area contributed by atoms with Crippen molar-refractivity contribution in [1.82, 2.24) is 0 Å². The molecule has 0 saturated carbocycles. The van der Waals surface area contributed by atoms with Crippen molar-refractivity contribution in [2.45, 2.75) is 18.3 Å². The molecule has 2 nitrogen and oxygen atoms in total. The molecule has 1 aromatic rings. The summed E-state index contributed by atoms with van der Waals surface area (Å²) in [5.41, 5.74) is 0.658. The minimum atomic E-state index is -0.415. The molecule has 0 aromatic heterocycles. The van der Waals surface area contributed by atoms with Gasteiger partial charge < -0.3 is 4.74 Å². The Morgan fingerprint density at radius 1 is 1.25 bits per heavy atom. The van der Waals surface area contributed by atoms with Crippen LogP contribution in [0.2, 0.25) is 0 Å². The van der Waals surface area contributed by atoms with Gasteiger partial charge in [-0.05, 0) is 18.4 Å². The van der Waals surface area contributed by atoms with E-state index < -0.39 is 5.41 Å². The number of carbonyl (C=O) groups excluding carboxylic acids is 1. The lowest BCUT2D eigenvalue weighted by molar-refractivity contribution is -0.125. The number of hydrogen-bond acceptors (Lipinski definition) is 2. The Morgan fingerprint density at radius 3 is 2.44 bits per heavy atom. The zero-order valence-electron chi connectivity index (χ0n) is 9.12. The normalized spacial score (nSPS) is 19.3. The first kappa shape index (κ1) is 11.6. The van der Waals surface area contributed by atoms with Gasteiger partial charge in [-0.15, -0.1) is 11.6 Å². The third kappa shape index (κ3) is 2.00. The number of rotatable bonds is 3. The van der Waals surface area contributed by atoms with Gasteiger partial charge >= 0.3 is 0 Å². The molecular weight excluding hydrogens is 224 g/mol. The Hall–Kier alpha value is -0.860. The van der Waals surface area contributed by atoms with E-state index in [2.05, 4.69) is 0 Å². The standard InChI is InChI=1S/C13H15ClO2/c14-10-12(15)13(6-8-16-9-7-13)11-4-2-1-3-5-11/h1-5H,6-10H2. The number of hydrogen-bond donors (Lipinski definition) is 0. The number of carbonyl (C=O) groups is 1. The highest BCUT2D eigenvalue weighted by atomic mass is 35.5. The molecule has 1 aliphatic rings. The second kappa shape index (κ2) is 4.98. The zero-order valence-corrected chi connectivity index (χ0v) is 9.87. The van der Waals surface area contributed by atoms with Crippen molar-refractivity contribution in [3.63, 3.8) is 0 Å². The Labute approximate surface area is 101 Å². The predicted octanol–water partition coefficient (Wildman–Crippen LogP) is 2.54. The maximum absolute atomic E-state index is 12.1. The van der Waals surface area contributed by atoms with Crippen molar-refractivity contribution in [1.29, 1.82) is 0 Å². The molecule has 1 fully saturated rings. The Bertz CT molecular complexity index is 355. The fourth-order valence-corrected chi connectivity index (χ4v) is 2.59. The molecule has 0 amide bonds. The highest BCUT2D eigenvalue weighted by Crippen LogP contribution is 2.35. The van der Waals surface area contributed by atoms with Gasteiger partial charge in [0.1, 0.15) is 0 Å². The van der Waals surface area contributed by atoms with Crippen LogP contribution < -0.4 is 0 Å². The number of ether oxygens (including phenoxy) is 1. The van der Waals surface area contributed by atoms with Crippen LogP contribution in [0.4, 0.5) is 0 Å². The van der Waals surface area contributed by atoms with Gasteiger partial charge in [0.05, 0.1) is 11.3 Å². The maximum Gasteiger partial charge on any atom is 0.158 e. The van der Waals surface area contributed by atoms with Crippen LogP contribution in [0.1, 0.15) is 18.4 Å². The van der Waals surface area contributed by atoms with E-state index in [-0.39, 0.29) is 11.7 Å². The Morgan fingerprint density at radius 2 is 1.88 bits per heavy atom.